The van der Waals surface area contributed by atoms with Crippen molar-refractivity contribution < 1.29 is 14.5 Å². The van der Waals surface area contributed by atoms with Gasteiger partial charge in [0.15, 0.2) is 5.11 Å². The standard InChI is InChI=1S/C26H22N4O4S/c1-34-23-14-13-21(30(32)33)16-22(23)28-26(35)29-24(18-8-3-2-4-9-18)25(31)27-20-12-11-17-7-5-6-10-19(17)15-20/h2-16,24H,1H3,(H,27,31)(H2,28,29,35). The first-order valence-corrected chi connectivity index (χ1v) is 11.1. The van der Waals surface area contributed by atoms with Crippen molar-refractivity contribution in [3.8, 4) is 5.75 Å². The van der Waals surface area contributed by atoms with Crippen LogP contribution in [-0.2, 0) is 4.79 Å². The third-order valence-corrected chi connectivity index (χ3v) is 5.55. The lowest BCUT2D eigenvalue weighted by atomic mass is 10.1. The summed E-state index contributed by atoms with van der Waals surface area (Å²) in [4.78, 5) is 24.0. The molecule has 1 atom stereocenters. The largest absolute Gasteiger partial charge is 0.495 e. The van der Waals surface area contributed by atoms with E-state index < -0.39 is 11.0 Å². The summed E-state index contributed by atoms with van der Waals surface area (Å²) in [5.74, 6) is 0.0539. The summed E-state index contributed by atoms with van der Waals surface area (Å²) in [6.45, 7) is 0. The Morgan fingerprint density at radius 1 is 0.914 bits per heavy atom. The van der Waals surface area contributed by atoms with Gasteiger partial charge in [0.2, 0.25) is 0 Å². The summed E-state index contributed by atoms with van der Waals surface area (Å²) in [6, 6.07) is 26.0. The predicted octanol–water partition coefficient (Wildman–Crippen LogP) is 5.42. The number of carbonyl (C=O) groups is 1. The number of rotatable bonds is 7. The van der Waals surface area contributed by atoms with Crippen molar-refractivity contribution in [2.24, 2.45) is 0 Å². The van der Waals surface area contributed by atoms with Gasteiger partial charge in [0.05, 0.1) is 17.7 Å². The van der Waals surface area contributed by atoms with Crippen molar-refractivity contribution in [3.63, 3.8) is 0 Å². The van der Waals surface area contributed by atoms with Gasteiger partial charge in [0.1, 0.15) is 11.8 Å². The number of nitro benzene ring substituents is 1. The van der Waals surface area contributed by atoms with Gasteiger partial charge in [-0.2, -0.15) is 0 Å². The van der Waals surface area contributed by atoms with Crippen LogP contribution in [0.25, 0.3) is 10.8 Å². The van der Waals surface area contributed by atoms with Crippen LogP contribution < -0.4 is 20.7 Å². The molecule has 0 heterocycles. The van der Waals surface area contributed by atoms with Crippen molar-refractivity contribution in [1.82, 2.24) is 5.32 Å². The molecule has 0 saturated carbocycles. The van der Waals surface area contributed by atoms with E-state index in [1.807, 2.05) is 72.8 Å². The number of amides is 1. The normalized spacial score (nSPS) is 11.3. The van der Waals surface area contributed by atoms with Crippen LogP contribution in [0.5, 0.6) is 5.75 Å². The van der Waals surface area contributed by atoms with E-state index in [2.05, 4.69) is 16.0 Å². The number of anilines is 2. The van der Waals surface area contributed by atoms with Crippen LogP contribution in [0.3, 0.4) is 0 Å². The predicted molar refractivity (Wildman–Crippen MR) is 141 cm³/mol. The average Bonchev–Trinajstić information content (AvgIpc) is 2.87. The Hall–Kier alpha value is -4.50. The highest BCUT2D eigenvalue weighted by atomic mass is 32.1. The van der Waals surface area contributed by atoms with Crippen LogP contribution in [0.2, 0.25) is 0 Å². The lowest BCUT2D eigenvalue weighted by Crippen LogP contribution is -2.39. The molecule has 0 aromatic heterocycles. The first kappa shape index (κ1) is 23.7. The number of nitrogens with zero attached hydrogens (tertiary/aromatic N) is 1. The number of ether oxygens (including phenoxy) is 1. The summed E-state index contributed by atoms with van der Waals surface area (Å²) < 4.78 is 5.28. The molecule has 3 N–H and O–H groups in total. The monoisotopic (exact) mass is 486 g/mol. The van der Waals surface area contributed by atoms with E-state index in [1.165, 1.54) is 25.3 Å². The molecule has 9 heteroatoms. The molecule has 1 amide bonds. The Labute approximate surface area is 207 Å². The number of nitrogens with one attached hydrogen (secondary N) is 3. The van der Waals surface area contributed by atoms with E-state index in [-0.39, 0.29) is 16.7 Å². The fourth-order valence-electron chi connectivity index (χ4n) is 3.62. The topological polar surface area (TPSA) is 106 Å². The Kier molecular flexibility index (Phi) is 7.18. The van der Waals surface area contributed by atoms with E-state index in [0.717, 1.165) is 10.8 Å². The second-order valence-corrected chi connectivity index (χ2v) is 8.04. The van der Waals surface area contributed by atoms with Crippen LogP contribution in [0.15, 0.2) is 91.0 Å². The van der Waals surface area contributed by atoms with Crippen LogP contribution in [-0.4, -0.2) is 23.1 Å². The van der Waals surface area contributed by atoms with Crippen LogP contribution in [0.1, 0.15) is 11.6 Å². The molecule has 0 aliphatic carbocycles. The first-order chi connectivity index (χ1) is 16.9. The SMILES string of the molecule is COc1ccc([N+](=O)[O-])cc1NC(=S)NC(C(=O)Nc1ccc2ccccc2c1)c1ccccc1. The van der Waals surface area contributed by atoms with Crippen LogP contribution >= 0.6 is 12.2 Å². The molecule has 0 aliphatic heterocycles. The zero-order valence-electron chi connectivity index (χ0n) is 18.7. The van der Waals surface area contributed by atoms with E-state index in [9.17, 15) is 14.9 Å². The molecule has 0 saturated heterocycles. The zero-order valence-corrected chi connectivity index (χ0v) is 19.5. The molecule has 0 aliphatic rings. The fraction of sp³-hybridized carbons (Fsp3) is 0.0769. The number of thiocarbonyl (C=S) groups is 1. The van der Waals surface area contributed by atoms with Gasteiger partial charge in [-0.05, 0) is 46.8 Å². The van der Waals surface area contributed by atoms with Crippen molar-refractivity contribution >= 4 is 51.1 Å². The van der Waals surface area contributed by atoms with Crippen LogP contribution in [0.4, 0.5) is 17.1 Å². The molecular formula is C26H22N4O4S. The summed E-state index contributed by atoms with van der Waals surface area (Å²) in [7, 11) is 1.45. The maximum absolute atomic E-state index is 13.3. The number of hydrogen-bond donors (Lipinski definition) is 3. The molecule has 35 heavy (non-hydrogen) atoms. The minimum Gasteiger partial charge on any atom is -0.495 e. The second kappa shape index (κ2) is 10.6. The average molecular weight is 487 g/mol. The maximum atomic E-state index is 13.3. The van der Waals surface area contributed by atoms with Crippen molar-refractivity contribution in [3.05, 3.63) is 107 Å². The van der Waals surface area contributed by atoms with Crippen molar-refractivity contribution in [2.45, 2.75) is 6.04 Å². The molecule has 4 aromatic rings. The second-order valence-electron chi connectivity index (χ2n) is 7.64. The molecule has 0 fully saturated rings. The van der Waals surface area contributed by atoms with Gasteiger partial charge in [0, 0.05) is 17.8 Å². The molecule has 0 spiro atoms. The molecule has 1 unspecified atom stereocenters. The Morgan fingerprint density at radius 3 is 2.34 bits per heavy atom. The Balaban J connectivity index is 1.56. The molecule has 4 rings (SSSR count). The highest BCUT2D eigenvalue weighted by Gasteiger charge is 2.22. The van der Waals surface area contributed by atoms with Gasteiger partial charge in [-0.25, -0.2) is 0 Å². The molecule has 176 valence electrons. The zero-order chi connectivity index (χ0) is 24.8. The lowest BCUT2D eigenvalue weighted by molar-refractivity contribution is -0.384. The van der Waals surface area contributed by atoms with Gasteiger partial charge in [-0.3, -0.25) is 14.9 Å². The maximum Gasteiger partial charge on any atom is 0.271 e. The summed E-state index contributed by atoms with van der Waals surface area (Å²) >= 11 is 5.45. The number of non-ortho nitro benzene ring substituents is 1. The molecule has 4 aromatic carbocycles. The van der Waals surface area contributed by atoms with Crippen LogP contribution in [0, 0.1) is 10.1 Å². The summed E-state index contributed by atoms with van der Waals surface area (Å²) in [6.07, 6.45) is 0. The first-order valence-electron chi connectivity index (χ1n) is 10.7. The highest BCUT2D eigenvalue weighted by Crippen LogP contribution is 2.29. The van der Waals surface area contributed by atoms with Crippen molar-refractivity contribution in [1.29, 1.82) is 0 Å². The number of fused-ring (bicyclic) bond motifs is 1. The third kappa shape index (κ3) is 5.71. The minimum absolute atomic E-state index is 0.103. The molecule has 0 radical (unpaired) electrons. The number of nitro groups is 1. The Bertz CT molecular complexity index is 1390. The van der Waals surface area contributed by atoms with Gasteiger partial charge < -0.3 is 20.7 Å². The van der Waals surface area contributed by atoms with Crippen molar-refractivity contribution in [2.75, 3.05) is 17.7 Å². The van der Waals surface area contributed by atoms with Gasteiger partial charge >= 0.3 is 0 Å². The number of hydrogen-bond acceptors (Lipinski definition) is 5. The number of carbonyl (C=O) groups excluding carboxylic acids is 1. The van der Waals surface area contributed by atoms with E-state index in [0.29, 0.717) is 22.7 Å². The third-order valence-electron chi connectivity index (χ3n) is 5.33. The smallest absolute Gasteiger partial charge is 0.271 e. The lowest BCUT2D eigenvalue weighted by Gasteiger charge is -2.21. The Morgan fingerprint density at radius 2 is 1.63 bits per heavy atom. The molecule has 8 nitrogen and oxygen atoms in total. The fourth-order valence-corrected chi connectivity index (χ4v) is 3.85. The van der Waals surface area contributed by atoms with E-state index in [4.69, 9.17) is 17.0 Å². The quantitative estimate of drug-likeness (QED) is 0.182. The van der Waals surface area contributed by atoms with E-state index >= 15 is 0 Å². The molecular weight excluding hydrogens is 464 g/mol. The van der Waals surface area contributed by atoms with E-state index in [1.54, 1.807) is 0 Å². The number of benzene rings is 4. The molecule has 0 bridgehead atoms. The minimum atomic E-state index is -0.827. The highest BCUT2D eigenvalue weighted by molar-refractivity contribution is 7.80. The summed E-state index contributed by atoms with van der Waals surface area (Å²) in [5, 5.41) is 22.2. The summed E-state index contributed by atoms with van der Waals surface area (Å²) in [5.41, 5.74) is 1.53. The van der Waals surface area contributed by atoms with Gasteiger partial charge in [0.25, 0.3) is 11.6 Å². The van der Waals surface area contributed by atoms with Gasteiger partial charge in [-0.15, -0.1) is 0 Å². The van der Waals surface area contributed by atoms with Gasteiger partial charge in [-0.1, -0.05) is 60.7 Å². The number of methoxy groups -OCH3 is 1.